The molecule has 1 aromatic heterocycles. The molecule has 0 amide bonds. The van der Waals surface area contributed by atoms with Gasteiger partial charge in [-0.15, -0.1) is 0 Å². The van der Waals surface area contributed by atoms with Gasteiger partial charge in [0.1, 0.15) is 6.26 Å². The Balaban J connectivity index is 0.000000250. The summed E-state index contributed by atoms with van der Waals surface area (Å²) < 4.78 is 4.47. The van der Waals surface area contributed by atoms with Gasteiger partial charge in [-0.1, -0.05) is 0 Å². The van der Waals surface area contributed by atoms with Gasteiger partial charge in [-0.25, -0.2) is 4.98 Å². The molecule has 0 fully saturated rings. The van der Waals surface area contributed by atoms with Gasteiger partial charge < -0.3 is 4.42 Å². The summed E-state index contributed by atoms with van der Waals surface area (Å²) in [5, 5.41) is 0. The molecule has 0 aliphatic rings. The molecule has 6 heavy (non-hydrogen) atoms. The Morgan fingerprint density at radius 1 is 1.50 bits per heavy atom. The third kappa shape index (κ3) is 0.826. The zero-order chi connectivity index (χ0) is 3.54. The first-order chi connectivity index (χ1) is 2.50. The Kier molecular flexibility index (Phi) is 2.02. The molecule has 0 bridgehead atoms. The van der Waals surface area contributed by atoms with Crippen molar-refractivity contribution in [2.75, 3.05) is 0 Å². The van der Waals surface area contributed by atoms with E-state index in [0.717, 1.165) is 0 Å². The Morgan fingerprint density at radius 3 is 2.50 bits per heavy atom. The maximum atomic E-state index is 4.47. The van der Waals surface area contributed by atoms with Gasteiger partial charge in [-0.3, -0.25) is 0 Å². The molecule has 3 heteroatoms. The Morgan fingerprint density at radius 2 is 2.33 bits per heavy atom. The van der Waals surface area contributed by atoms with Gasteiger partial charge in [0.05, 0.1) is 6.20 Å². The van der Waals surface area contributed by atoms with Crippen molar-refractivity contribution in [1.29, 1.82) is 0 Å². The van der Waals surface area contributed by atoms with Crippen LogP contribution in [0, 0.1) is 6.15 Å². The van der Waals surface area contributed by atoms with Crippen molar-refractivity contribution in [3.63, 3.8) is 0 Å². The number of hydrogen-bond acceptors (Lipinski definition) is 2. The van der Waals surface area contributed by atoms with Gasteiger partial charge in [-0.05, 0) is 0 Å². The molecule has 1 aromatic rings. The predicted octanol–water partition coefficient (Wildman–Crippen LogP) is 0.675. The maximum absolute atomic E-state index is 4.47. The Hall–Kier alpha value is -0.881. The molecule has 0 N–H and O–H groups in total. The van der Waals surface area contributed by atoms with Gasteiger partial charge >= 0.3 is 0 Å². The second-order valence-corrected chi connectivity index (χ2v) is 0.676. The van der Waals surface area contributed by atoms with E-state index < -0.39 is 0 Å². The van der Waals surface area contributed by atoms with Crippen LogP contribution in [0.2, 0.25) is 0 Å². The molecule has 0 spiro atoms. The van der Waals surface area contributed by atoms with Crippen LogP contribution in [0.15, 0.2) is 23.3 Å². The average Bonchev–Trinajstić information content (AvgIpc) is 1.76. The molecule has 0 unspecified atom stereocenters. The fourth-order valence-electron chi connectivity index (χ4n) is 0.176. The van der Waals surface area contributed by atoms with Crippen LogP contribution in [0.3, 0.4) is 0 Å². The predicted molar refractivity (Wildman–Crippen MR) is 16.5 cm³/mol. The van der Waals surface area contributed by atoms with Crippen molar-refractivity contribution in [3.8, 4) is 0 Å². The van der Waals surface area contributed by atoms with Crippen molar-refractivity contribution >= 4 is 0 Å². The second-order valence-electron chi connectivity index (χ2n) is 0.676. The molecule has 0 aliphatic carbocycles. The molecular formula is C3H3NNeO. The molecule has 0 saturated heterocycles. The monoisotopic (exact) mass is 89.0 g/mol. The number of aromatic nitrogens is 1. The van der Waals surface area contributed by atoms with Crippen molar-refractivity contribution < 1.29 is 10.6 Å². The minimum atomic E-state index is 0. The van der Waals surface area contributed by atoms with Crippen LogP contribution in [0.25, 0.3) is 0 Å². The summed E-state index contributed by atoms with van der Waals surface area (Å²) in [6.07, 6.45) is 4.47. The summed E-state index contributed by atoms with van der Waals surface area (Å²) in [5.41, 5.74) is 0. The molecule has 0 radical (unpaired) electrons. The van der Waals surface area contributed by atoms with Crippen LogP contribution in [0.1, 0.15) is 0 Å². The molecule has 0 aliphatic heterocycles. The van der Waals surface area contributed by atoms with Crippen LogP contribution in [0.5, 0.6) is 0 Å². The van der Waals surface area contributed by atoms with Crippen molar-refractivity contribution in [3.05, 3.63) is 18.9 Å². The van der Waals surface area contributed by atoms with Crippen LogP contribution < -0.4 is 0 Å². The summed E-state index contributed by atoms with van der Waals surface area (Å²) in [4.78, 5) is 3.56. The van der Waals surface area contributed by atoms with E-state index in [-0.39, 0.29) is 6.15 Å². The van der Waals surface area contributed by atoms with E-state index in [1.807, 2.05) is 0 Å². The van der Waals surface area contributed by atoms with Gasteiger partial charge in [0.25, 0.3) is 0 Å². The van der Waals surface area contributed by atoms with Gasteiger partial charge in [0, 0.05) is 6.15 Å². The first-order valence-corrected chi connectivity index (χ1v) is 1.32. The van der Waals surface area contributed by atoms with Gasteiger partial charge in [0.15, 0.2) is 6.39 Å². The topological polar surface area (TPSA) is 26.0 Å². The quantitative estimate of drug-likeness (QED) is 0.467. The van der Waals surface area contributed by atoms with E-state index >= 15 is 0 Å². The SMILES string of the molecule is [Ne].c1cocn1. The standard InChI is InChI=1S/C3H3NO.Ne/c1-2-5-3-4-1;/h1-3H;. The first-order valence-electron chi connectivity index (χ1n) is 1.32. The van der Waals surface area contributed by atoms with Crippen molar-refractivity contribution in [2.24, 2.45) is 0 Å². The molecule has 2 nitrogen and oxygen atoms in total. The third-order valence-electron chi connectivity index (χ3n) is 0.347. The number of rotatable bonds is 0. The molecule has 0 aromatic carbocycles. The summed E-state index contributed by atoms with van der Waals surface area (Å²) in [6, 6.07) is 0. The van der Waals surface area contributed by atoms with Crippen LogP contribution in [0.4, 0.5) is 0 Å². The minimum Gasteiger partial charge on any atom is -0.452 e. The Labute approximate surface area is 35.6 Å². The van der Waals surface area contributed by atoms with Crippen molar-refractivity contribution in [1.82, 2.24) is 4.98 Å². The number of hydrogen-bond donors (Lipinski definition) is 0. The second kappa shape index (κ2) is 2.36. The van der Waals surface area contributed by atoms with Crippen LogP contribution in [-0.4, -0.2) is 4.98 Å². The molecule has 0 saturated carbocycles. The summed E-state index contributed by atoms with van der Waals surface area (Å²) >= 11 is 0. The third-order valence-corrected chi connectivity index (χ3v) is 0.347. The van der Waals surface area contributed by atoms with E-state index in [1.54, 1.807) is 6.20 Å². The maximum Gasteiger partial charge on any atom is 0.180 e. The molecule has 0 atom stereocenters. The molecule has 34 valence electrons. The summed E-state index contributed by atoms with van der Waals surface area (Å²) in [6.45, 7) is 0. The normalized spacial score (nSPS) is 6.67. The Bertz CT molecular complexity index is 67.3. The fraction of sp³-hybridized carbons (Fsp3) is 0. The van der Waals surface area contributed by atoms with E-state index in [4.69, 9.17) is 0 Å². The molecular weight excluding hydrogens is 86.2 g/mol. The summed E-state index contributed by atoms with van der Waals surface area (Å²) in [5.74, 6) is 0. The summed E-state index contributed by atoms with van der Waals surface area (Å²) in [7, 11) is 0. The smallest absolute Gasteiger partial charge is 0.180 e. The van der Waals surface area contributed by atoms with Crippen LogP contribution >= 0.6 is 0 Å². The van der Waals surface area contributed by atoms with Gasteiger partial charge in [0.2, 0.25) is 0 Å². The zero-order valence-corrected chi connectivity index (χ0v) is 2.94. The number of oxazole rings is 1. The minimum absolute atomic E-state index is 0. The van der Waals surface area contributed by atoms with Gasteiger partial charge in [-0.2, -0.15) is 0 Å². The first kappa shape index (κ1) is 5.12. The largest absolute Gasteiger partial charge is 0.452 e. The van der Waals surface area contributed by atoms with E-state index in [1.165, 1.54) is 12.7 Å². The van der Waals surface area contributed by atoms with E-state index in [0.29, 0.717) is 0 Å². The zero-order valence-electron chi connectivity index (χ0n) is 2.94. The van der Waals surface area contributed by atoms with E-state index in [2.05, 4.69) is 9.40 Å². The average molecular weight is 89.2 g/mol. The molecule has 1 heterocycles. The van der Waals surface area contributed by atoms with Crippen molar-refractivity contribution in [2.45, 2.75) is 0 Å². The fourth-order valence-corrected chi connectivity index (χ4v) is 0.176. The molecule has 1 rings (SSSR count). The van der Waals surface area contributed by atoms with E-state index in [9.17, 15) is 0 Å². The van der Waals surface area contributed by atoms with Crippen LogP contribution in [-0.2, 0) is 0 Å². The number of nitrogens with zero attached hydrogens (tertiary/aromatic N) is 1.